The van der Waals surface area contributed by atoms with Crippen LogP contribution in [-0.4, -0.2) is 39.4 Å². The van der Waals surface area contributed by atoms with E-state index >= 15 is 0 Å². The number of benzene rings is 1. The lowest BCUT2D eigenvalue weighted by Gasteiger charge is -2.31. The van der Waals surface area contributed by atoms with Crippen LogP contribution in [0.15, 0.2) is 29.4 Å². The molecule has 0 N–H and O–H groups in total. The van der Waals surface area contributed by atoms with Gasteiger partial charge in [0.25, 0.3) is 0 Å². The Bertz CT molecular complexity index is 779. The van der Waals surface area contributed by atoms with E-state index in [1.807, 2.05) is 0 Å². The fourth-order valence-corrected chi connectivity index (χ4v) is 4.31. The van der Waals surface area contributed by atoms with Gasteiger partial charge in [-0.15, -0.1) is 10.2 Å². The van der Waals surface area contributed by atoms with Crippen LogP contribution in [0.5, 0.6) is 0 Å². The van der Waals surface area contributed by atoms with Crippen LogP contribution in [-0.2, 0) is 0 Å². The van der Waals surface area contributed by atoms with E-state index in [-0.39, 0.29) is 5.78 Å². The molecular weight excluding hydrogens is 368 g/mol. The van der Waals surface area contributed by atoms with Gasteiger partial charge in [0.1, 0.15) is 0 Å². The van der Waals surface area contributed by atoms with Crippen LogP contribution in [0.25, 0.3) is 0 Å². The highest BCUT2D eigenvalue weighted by atomic mass is 35.5. The minimum atomic E-state index is 0.0883. The summed E-state index contributed by atoms with van der Waals surface area (Å²) in [6, 6.07) is 7.55. The van der Waals surface area contributed by atoms with E-state index in [4.69, 9.17) is 11.6 Å². The summed E-state index contributed by atoms with van der Waals surface area (Å²) >= 11 is 7.38. The fourth-order valence-electron chi connectivity index (χ4n) is 3.29. The van der Waals surface area contributed by atoms with Crippen molar-refractivity contribution in [2.45, 2.75) is 43.8 Å². The average Bonchev–Trinajstić information content (AvgIpc) is 3.40. The van der Waals surface area contributed by atoms with Crippen molar-refractivity contribution in [2.75, 3.05) is 23.7 Å². The van der Waals surface area contributed by atoms with E-state index in [0.717, 1.165) is 30.1 Å². The van der Waals surface area contributed by atoms with Gasteiger partial charge < -0.3 is 4.90 Å². The highest BCUT2D eigenvalue weighted by Crippen LogP contribution is 2.41. The zero-order chi connectivity index (χ0) is 18.1. The number of carbonyl (C=O) groups is 1. The first-order chi connectivity index (χ1) is 12.6. The molecule has 2 aliphatic rings. The second-order valence-electron chi connectivity index (χ2n) is 7.27. The number of rotatable bonds is 6. The number of ketones is 1. The number of anilines is 1. The largest absolute Gasteiger partial charge is 0.341 e. The normalized spacial score (nSPS) is 18.3. The van der Waals surface area contributed by atoms with E-state index in [2.05, 4.69) is 26.6 Å². The van der Waals surface area contributed by atoms with Crippen LogP contribution in [0.3, 0.4) is 0 Å². The van der Waals surface area contributed by atoms with Gasteiger partial charge in [-0.05, 0) is 55.9 Å². The SMILES string of the molecule is CC1CCN(c2nnc(SCC(=O)c3ccc(Cl)cc3)n2C2CC2)CC1. The summed E-state index contributed by atoms with van der Waals surface area (Å²) in [5.41, 5.74) is 0.685. The first-order valence-corrected chi connectivity index (χ1v) is 10.6. The third kappa shape index (κ3) is 3.91. The Morgan fingerprint density at radius 1 is 1.15 bits per heavy atom. The molecular formula is C19H23ClN4OS. The summed E-state index contributed by atoms with van der Waals surface area (Å²) in [6.45, 7) is 4.40. The molecule has 5 nitrogen and oxygen atoms in total. The molecule has 0 atom stereocenters. The zero-order valence-corrected chi connectivity index (χ0v) is 16.5. The number of hydrogen-bond acceptors (Lipinski definition) is 5. The molecule has 2 heterocycles. The van der Waals surface area contributed by atoms with E-state index in [9.17, 15) is 4.79 Å². The van der Waals surface area contributed by atoms with Gasteiger partial charge in [0.05, 0.1) is 5.75 Å². The summed E-state index contributed by atoms with van der Waals surface area (Å²) < 4.78 is 2.26. The number of Topliss-reactive ketones (excluding diaryl/α,β-unsaturated/α-hetero) is 1. The van der Waals surface area contributed by atoms with Crippen molar-refractivity contribution in [3.05, 3.63) is 34.9 Å². The summed E-state index contributed by atoms with van der Waals surface area (Å²) in [7, 11) is 0. The molecule has 1 saturated carbocycles. The van der Waals surface area contributed by atoms with Crippen molar-refractivity contribution in [2.24, 2.45) is 5.92 Å². The van der Waals surface area contributed by atoms with E-state index in [0.29, 0.717) is 22.4 Å². The molecule has 1 aliphatic carbocycles. The second kappa shape index (κ2) is 7.61. The average molecular weight is 391 g/mol. The highest BCUT2D eigenvalue weighted by Gasteiger charge is 2.32. The molecule has 1 aromatic heterocycles. The summed E-state index contributed by atoms with van der Waals surface area (Å²) in [6.07, 6.45) is 4.76. The van der Waals surface area contributed by atoms with Crippen LogP contribution in [0.2, 0.25) is 5.02 Å². The maximum absolute atomic E-state index is 12.4. The molecule has 0 radical (unpaired) electrons. The number of hydrogen-bond donors (Lipinski definition) is 0. The molecule has 26 heavy (non-hydrogen) atoms. The predicted octanol–water partition coefficient (Wildman–Crippen LogP) is 4.48. The summed E-state index contributed by atoms with van der Waals surface area (Å²) in [5.74, 6) is 2.23. The van der Waals surface area contributed by atoms with Crippen LogP contribution in [0.4, 0.5) is 5.95 Å². The Morgan fingerprint density at radius 2 is 1.85 bits per heavy atom. The molecule has 0 spiro atoms. The minimum Gasteiger partial charge on any atom is -0.341 e. The first-order valence-electron chi connectivity index (χ1n) is 9.23. The van der Waals surface area contributed by atoms with Gasteiger partial charge in [0.2, 0.25) is 5.95 Å². The minimum absolute atomic E-state index is 0.0883. The zero-order valence-electron chi connectivity index (χ0n) is 14.9. The number of nitrogens with zero attached hydrogens (tertiary/aromatic N) is 4. The van der Waals surface area contributed by atoms with E-state index in [1.54, 1.807) is 24.3 Å². The second-order valence-corrected chi connectivity index (χ2v) is 8.65. The Hall–Kier alpha value is -1.53. The van der Waals surface area contributed by atoms with Gasteiger partial charge in [-0.2, -0.15) is 0 Å². The molecule has 2 fully saturated rings. The van der Waals surface area contributed by atoms with Crippen molar-refractivity contribution < 1.29 is 4.79 Å². The van der Waals surface area contributed by atoms with Crippen LogP contribution in [0, 0.1) is 5.92 Å². The Balaban J connectivity index is 1.46. The quantitative estimate of drug-likeness (QED) is 0.537. The monoisotopic (exact) mass is 390 g/mol. The van der Waals surface area contributed by atoms with Crippen molar-refractivity contribution in [3.8, 4) is 0 Å². The fraction of sp³-hybridized carbons (Fsp3) is 0.526. The maximum atomic E-state index is 12.4. The number of aromatic nitrogens is 3. The van der Waals surface area contributed by atoms with Crippen molar-refractivity contribution >= 4 is 35.1 Å². The van der Waals surface area contributed by atoms with Crippen molar-refractivity contribution in [1.82, 2.24) is 14.8 Å². The number of carbonyl (C=O) groups excluding carboxylic acids is 1. The number of piperidine rings is 1. The third-order valence-electron chi connectivity index (χ3n) is 5.12. The smallest absolute Gasteiger partial charge is 0.228 e. The van der Waals surface area contributed by atoms with Gasteiger partial charge >= 0.3 is 0 Å². The molecule has 4 rings (SSSR count). The van der Waals surface area contributed by atoms with E-state index < -0.39 is 0 Å². The van der Waals surface area contributed by atoms with Gasteiger partial charge in [0, 0.05) is 29.7 Å². The third-order valence-corrected chi connectivity index (χ3v) is 6.32. The molecule has 0 unspecified atom stereocenters. The molecule has 138 valence electrons. The van der Waals surface area contributed by atoms with Crippen molar-refractivity contribution in [1.29, 1.82) is 0 Å². The lowest BCUT2D eigenvalue weighted by atomic mass is 10.00. The predicted molar refractivity (Wildman–Crippen MR) is 105 cm³/mol. The van der Waals surface area contributed by atoms with Gasteiger partial charge in [-0.25, -0.2) is 0 Å². The molecule has 7 heteroatoms. The topological polar surface area (TPSA) is 51.0 Å². The standard InChI is InChI=1S/C19H23ClN4OS/c1-13-8-10-23(11-9-13)18-21-22-19(24(18)16-6-7-16)26-12-17(25)14-2-4-15(20)5-3-14/h2-5,13,16H,6-12H2,1H3. The lowest BCUT2D eigenvalue weighted by Crippen LogP contribution is -2.34. The molecule has 0 amide bonds. The molecule has 1 aromatic carbocycles. The Labute approximate surface area is 163 Å². The number of halogens is 1. The van der Waals surface area contributed by atoms with Crippen molar-refractivity contribution in [3.63, 3.8) is 0 Å². The number of thioether (sulfide) groups is 1. The Kier molecular flexibility index (Phi) is 5.23. The van der Waals surface area contributed by atoms with E-state index in [1.165, 1.54) is 37.4 Å². The van der Waals surface area contributed by atoms with Gasteiger partial charge in [-0.3, -0.25) is 9.36 Å². The molecule has 1 saturated heterocycles. The maximum Gasteiger partial charge on any atom is 0.228 e. The first kappa shape index (κ1) is 17.9. The van der Waals surface area contributed by atoms with Crippen LogP contribution >= 0.6 is 23.4 Å². The molecule has 2 aromatic rings. The lowest BCUT2D eigenvalue weighted by molar-refractivity contribution is 0.102. The Morgan fingerprint density at radius 3 is 2.50 bits per heavy atom. The molecule has 1 aliphatic heterocycles. The summed E-state index contributed by atoms with van der Waals surface area (Å²) in [4.78, 5) is 14.8. The highest BCUT2D eigenvalue weighted by molar-refractivity contribution is 7.99. The van der Waals surface area contributed by atoms with Crippen LogP contribution in [0.1, 0.15) is 49.0 Å². The van der Waals surface area contributed by atoms with Gasteiger partial charge in [-0.1, -0.05) is 30.3 Å². The van der Waals surface area contributed by atoms with Crippen LogP contribution < -0.4 is 4.90 Å². The summed E-state index contributed by atoms with van der Waals surface area (Å²) in [5, 5.41) is 10.4. The van der Waals surface area contributed by atoms with Gasteiger partial charge in [0.15, 0.2) is 10.9 Å². The molecule has 0 bridgehead atoms.